The minimum Gasteiger partial charge on any atom is -0.314 e. The van der Waals surface area contributed by atoms with Crippen molar-refractivity contribution in [2.24, 2.45) is 5.92 Å². The third-order valence-corrected chi connectivity index (χ3v) is 4.11. The van der Waals surface area contributed by atoms with E-state index in [0.717, 1.165) is 31.2 Å². The van der Waals surface area contributed by atoms with E-state index in [2.05, 4.69) is 43.1 Å². The Morgan fingerprint density at radius 1 is 1.26 bits per heavy atom. The number of halogens is 1. The fourth-order valence-corrected chi connectivity index (χ4v) is 3.15. The Balaban J connectivity index is 2.25. The van der Waals surface area contributed by atoms with E-state index in [9.17, 15) is 0 Å². The molecule has 2 nitrogen and oxygen atoms in total. The van der Waals surface area contributed by atoms with Crippen LogP contribution in [0.25, 0.3) is 0 Å². The van der Waals surface area contributed by atoms with Crippen LogP contribution in [0.5, 0.6) is 0 Å². The minimum atomic E-state index is 0.527. The van der Waals surface area contributed by atoms with Crippen molar-refractivity contribution < 1.29 is 0 Å². The van der Waals surface area contributed by atoms with Crippen LogP contribution in [0.15, 0.2) is 18.2 Å². The highest BCUT2D eigenvalue weighted by atomic mass is 35.5. The van der Waals surface area contributed by atoms with E-state index in [1.165, 1.54) is 17.5 Å². The van der Waals surface area contributed by atoms with Gasteiger partial charge in [0.2, 0.25) is 0 Å². The van der Waals surface area contributed by atoms with E-state index >= 15 is 0 Å². The second-order valence-electron chi connectivity index (χ2n) is 5.93. The fourth-order valence-electron chi connectivity index (χ4n) is 2.93. The number of piperazine rings is 1. The van der Waals surface area contributed by atoms with Crippen molar-refractivity contribution in [2.45, 2.75) is 33.2 Å². The predicted molar refractivity (Wildman–Crippen MR) is 82.8 cm³/mol. The van der Waals surface area contributed by atoms with E-state index in [-0.39, 0.29) is 0 Å². The molecule has 0 saturated carbocycles. The normalized spacial score (nSPS) is 18.8. The molecule has 106 valence electrons. The quantitative estimate of drug-likeness (QED) is 0.906. The molecule has 0 spiro atoms. The van der Waals surface area contributed by atoms with Gasteiger partial charge in [0.15, 0.2) is 0 Å². The molecule has 19 heavy (non-hydrogen) atoms. The number of nitrogens with one attached hydrogen (secondary N) is 1. The molecule has 1 aliphatic rings. The summed E-state index contributed by atoms with van der Waals surface area (Å²) in [5.41, 5.74) is 2.76. The monoisotopic (exact) mass is 280 g/mol. The van der Waals surface area contributed by atoms with Gasteiger partial charge in [-0.2, -0.15) is 0 Å². The summed E-state index contributed by atoms with van der Waals surface area (Å²) < 4.78 is 0. The van der Waals surface area contributed by atoms with Gasteiger partial charge in [0.1, 0.15) is 0 Å². The number of rotatable bonds is 4. The fraction of sp³-hybridized carbons (Fsp3) is 0.625. The van der Waals surface area contributed by atoms with Gasteiger partial charge in [-0.25, -0.2) is 0 Å². The molecule has 1 aromatic rings. The van der Waals surface area contributed by atoms with Gasteiger partial charge in [-0.1, -0.05) is 31.5 Å². The van der Waals surface area contributed by atoms with Crippen LogP contribution in [0.4, 0.5) is 0 Å². The predicted octanol–water partition coefficient (Wildman–Crippen LogP) is 3.64. The molecule has 0 unspecified atom stereocenters. The van der Waals surface area contributed by atoms with Crippen LogP contribution in [0.2, 0.25) is 5.02 Å². The molecule has 1 heterocycles. The van der Waals surface area contributed by atoms with Crippen LogP contribution in [0.3, 0.4) is 0 Å². The minimum absolute atomic E-state index is 0.527. The van der Waals surface area contributed by atoms with Crippen LogP contribution >= 0.6 is 11.6 Å². The van der Waals surface area contributed by atoms with Crippen molar-refractivity contribution in [3.8, 4) is 0 Å². The van der Waals surface area contributed by atoms with Crippen LogP contribution < -0.4 is 5.32 Å². The maximum absolute atomic E-state index is 6.09. The van der Waals surface area contributed by atoms with Crippen LogP contribution in [0, 0.1) is 12.8 Å². The second-order valence-corrected chi connectivity index (χ2v) is 6.37. The summed E-state index contributed by atoms with van der Waals surface area (Å²) in [6, 6.07) is 6.86. The van der Waals surface area contributed by atoms with Crippen molar-refractivity contribution in [3.63, 3.8) is 0 Å². The van der Waals surface area contributed by atoms with Crippen molar-refractivity contribution in [2.75, 3.05) is 26.2 Å². The summed E-state index contributed by atoms with van der Waals surface area (Å²) in [7, 11) is 0. The van der Waals surface area contributed by atoms with Crippen molar-refractivity contribution >= 4 is 11.6 Å². The number of benzene rings is 1. The molecule has 1 aromatic carbocycles. The third-order valence-electron chi connectivity index (χ3n) is 3.88. The lowest BCUT2D eigenvalue weighted by Gasteiger charge is -2.37. The SMILES string of the molecule is Cc1cc(Cl)ccc1[C@H](CC(C)C)N1CCNCC1. The Kier molecular flexibility index (Phi) is 5.26. The van der Waals surface area contributed by atoms with Gasteiger partial charge in [-0.15, -0.1) is 0 Å². The summed E-state index contributed by atoms with van der Waals surface area (Å²) in [4.78, 5) is 2.62. The molecule has 2 rings (SSSR count). The van der Waals surface area contributed by atoms with Gasteiger partial charge in [-0.3, -0.25) is 4.90 Å². The summed E-state index contributed by atoms with van der Waals surface area (Å²) in [5.74, 6) is 0.704. The average molecular weight is 281 g/mol. The summed E-state index contributed by atoms with van der Waals surface area (Å²) in [6.07, 6.45) is 1.21. The molecule has 3 heteroatoms. The lowest BCUT2D eigenvalue weighted by molar-refractivity contribution is 0.153. The van der Waals surface area contributed by atoms with Crippen LogP contribution in [-0.2, 0) is 0 Å². The van der Waals surface area contributed by atoms with Gasteiger partial charge in [-0.05, 0) is 42.5 Å². The zero-order valence-corrected chi connectivity index (χ0v) is 13.0. The number of hydrogen-bond acceptors (Lipinski definition) is 2. The number of hydrogen-bond donors (Lipinski definition) is 1. The largest absolute Gasteiger partial charge is 0.314 e. The first-order chi connectivity index (χ1) is 9.08. The van der Waals surface area contributed by atoms with Crippen molar-refractivity contribution in [1.82, 2.24) is 10.2 Å². The summed E-state index contributed by atoms with van der Waals surface area (Å²) >= 11 is 6.09. The van der Waals surface area contributed by atoms with E-state index in [1.807, 2.05) is 6.07 Å². The van der Waals surface area contributed by atoms with Gasteiger partial charge in [0.25, 0.3) is 0 Å². The molecular formula is C16H25ClN2. The maximum atomic E-state index is 6.09. The summed E-state index contributed by atoms with van der Waals surface area (Å²) in [6.45, 7) is 11.3. The Morgan fingerprint density at radius 3 is 2.53 bits per heavy atom. The maximum Gasteiger partial charge on any atom is 0.0408 e. The van der Waals surface area contributed by atoms with Gasteiger partial charge >= 0.3 is 0 Å². The molecule has 0 amide bonds. The molecule has 1 saturated heterocycles. The van der Waals surface area contributed by atoms with E-state index in [4.69, 9.17) is 11.6 Å². The zero-order chi connectivity index (χ0) is 13.8. The topological polar surface area (TPSA) is 15.3 Å². The van der Waals surface area contributed by atoms with E-state index in [0.29, 0.717) is 12.0 Å². The Labute approximate surface area is 122 Å². The smallest absolute Gasteiger partial charge is 0.0408 e. The lowest BCUT2D eigenvalue weighted by atomic mass is 9.92. The molecule has 0 aromatic heterocycles. The third kappa shape index (κ3) is 3.95. The van der Waals surface area contributed by atoms with E-state index in [1.54, 1.807) is 0 Å². The highest BCUT2D eigenvalue weighted by Crippen LogP contribution is 2.31. The average Bonchev–Trinajstić information content (AvgIpc) is 2.37. The van der Waals surface area contributed by atoms with Crippen LogP contribution in [0.1, 0.15) is 37.4 Å². The highest BCUT2D eigenvalue weighted by molar-refractivity contribution is 6.30. The number of aryl methyl sites for hydroxylation is 1. The first-order valence-corrected chi connectivity index (χ1v) is 7.66. The first-order valence-electron chi connectivity index (χ1n) is 7.28. The molecule has 1 aliphatic heterocycles. The van der Waals surface area contributed by atoms with Gasteiger partial charge in [0, 0.05) is 37.2 Å². The molecule has 1 atom stereocenters. The van der Waals surface area contributed by atoms with Crippen molar-refractivity contribution in [1.29, 1.82) is 0 Å². The molecule has 1 N–H and O–H groups in total. The first kappa shape index (κ1) is 14.8. The van der Waals surface area contributed by atoms with Gasteiger partial charge in [0.05, 0.1) is 0 Å². The lowest BCUT2D eigenvalue weighted by Crippen LogP contribution is -2.45. The molecule has 0 bridgehead atoms. The Bertz CT molecular complexity index is 411. The standard InChI is InChI=1S/C16H25ClN2/c1-12(2)10-16(19-8-6-18-7-9-19)15-5-4-14(17)11-13(15)3/h4-5,11-12,16,18H,6-10H2,1-3H3/t16-/m0/s1. The molecule has 0 radical (unpaired) electrons. The second kappa shape index (κ2) is 6.74. The van der Waals surface area contributed by atoms with E-state index < -0.39 is 0 Å². The number of nitrogens with zero attached hydrogens (tertiary/aromatic N) is 1. The Morgan fingerprint density at radius 2 is 1.95 bits per heavy atom. The molecule has 1 fully saturated rings. The highest BCUT2D eigenvalue weighted by Gasteiger charge is 2.24. The summed E-state index contributed by atoms with van der Waals surface area (Å²) in [5, 5.41) is 4.27. The molecule has 0 aliphatic carbocycles. The molecular weight excluding hydrogens is 256 g/mol. The van der Waals surface area contributed by atoms with Crippen LogP contribution in [-0.4, -0.2) is 31.1 Å². The Hall–Kier alpha value is -0.570. The van der Waals surface area contributed by atoms with Gasteiger partial charge < -0.3 is 5.32 Å². The van der Waals surface area contributed by atoms with Crippen molar-refractivity contribution in [3.05, 3.63) is 34.3 Å². The zero-order valence-electron chi connectivity index (χ0n) is 12.2.